The standard InChI is InChI=1S/C16H23NO4/c1-12(13-6-4-7-14(11-13)21-3)10-15(18)17(2)9-5-8-16(19)20/h4,6-7,11-12H,5,8-10H2,1-3H3,(H,19,20). The number of carbonyl (C=O) groups is 2. The number of carboxylic acid groups (broad SMARTS) is 1. The highest BCUT2D eigenvalue weighted by Crippen LogP contribution is 2.23. The van der Waals surface area contributed by atoms with E-state index in [0.717, 1.165) is 11.3 Å². The minimum Gasteiger partial charge on any atom is -0.497 e. The smallest absolute Gasteiger partial charge is 0.303 e. The molecule has 5 nitrogen and oxygen atoms in total. The maximum Gasteiger partial charge on any atom is 0.303 e. The summed E-state index contributed by atoms with van der Waals surface area (Å²) in [7, 11) is 3.33. The Morgan fingerprint density at radius 1 is 1.38 bits per heavy atom. The van der Waals surface area contributed by atoms with E-state index in [1.54, 1.807) is 19.1 Å². The zero-order chi connectivity index (χ0) is 15.8. The van der Waals surface area contributed by atoms with Gasteiger partial charge in [0.05, 0.1) is 7.11 Å². The largest absolute Gasteiger partial charge is 0.497 e. The van der Waals surface area contributed by atoms with Crippen molar-refractivity contribution < 1.29 is 19.4 Å². The molecule has 1 aromatic rings. The fourth-order valence-electron chi connectivity index (χ4n) is 2.08. The Kier molecular flexibility index (Phi) is 6.72. The third-order valence-electron chi connectivity index (χ3n) is 3.45. The third-order valence-corrected chi connectivity index (χ3v) is 3.45. The molecule has 116 valence electrons. The summed E-state index contributed by atoms with van der Waals surface area (Å²) < 4.78 is 5.18. The number of nitrogens with zero attached hydrogens (tertiary/aromatic N) is 1. The van der Waals surface area contributed by atoms with Crippen molar-refractivity contribution in [2.24, 2.45) is 0 Å². The molecule has 1 atom stereocenters. The summed E-state index contributed by atoms with van der Waals surface area (Å²) in [4.78, 5) is 24.2. The van der Waals surface area contributed by atoms with Gasteiger partial charge in [0.25, 0.3) is 0 Å². The monoisotopic (exact) mass is 293 g/mol. The summed E-state index contributed by atoms with van der Waals surface area (Å²) in [5.41, 5.74) is 1.06. The van der Waals surface area contributed by atoms with Crippen LogP contribution < -0.4 is 4.74 Å². The molecule has 1 unspecified atom stereocenters. The van der Waals surface area contributed by atoms with Crippen molar-refractivity contribution in [3.63, 3.8) is 0 Å². The number of carboxylic acids is 1. The van der Waals surface area contributed by atoms with Crippen LogP contribution in [0.5, 0.6) is 5.75 Å². The van der Waals surface area contributed by atoms with Crippen molar-refractivity contribution >= 4 is 11.9 Å². The lowest BCUT2D eigenvalue weighted by Gasteiger charge is -2.19. The summed E-state index contributed by atoms with van der Waals surface area (Å²) in [6.45, 7) is 2.47. The fourth-order valence-corrected chi connectivity index (χ4v) is 2.08. The first kappa shape index (κ1) is 17.0. The minimum atomic E-state index is -0.833. The predicted octanol–water partition coefficient (Wildman–Crippen LogP) is 2.51. The van der Waals surface area contributed by atoms with Gasteiger partial charge >= 0.3 is 5.97 Å². The highest BCUT2D eigenvalue weighted by atomic mass is 16.5. The number of hydrogen-bond acceptors (Lipinski definition) is 3. The molecule has 0 radical (unpaired) electrons. The van der Waals surface area contributed by atoms with Gasteiger partial charge in [0, 0.05) is 26.4 Å². The Morgan fingerprint density at radius 3 is 2.71 bits per heavy atom. The number of aliphatic carboxylic acids is 1. The van der Waals surface area contributed by atoms with Crippen molar-refractivity contribution in [1.82, 2.24) is 4.90 Å². The van der Waals surface area contributed by atoms with Gasteiger partial charge in [-0.2, -0.15) is 0 Å². The predicted molar refractivity (Wildman–Crippen MR) is 80.5 cm³/mol. The number of benzene rings is 1. The maximum absolute atomic E-state index is 12.1. The highest BCUT2D eigenvalue weighted by Gasteiger charge is 2.15. The molecule has 0 aliphatic carbocycles. The first-order chi connectivity index (χ1) is 9.93. The van der Waals surface area contributed by atoms with Gasteiger partial charge in [0.1, 0.15) is 5.75 Å². The van der Waals surface area contributed by atoms with Crippen LogP contribution in [0.1, 0.15) is 37.7 Å². The van der Waals surface area contributed by atoms with Crippen molar-refractivity contribution in [2.75, 3.05) is 20.7 Å². The van der Waals surface area contributed by atoms with Crippen LogP contribution in [0.4, 0.5) is 0 Å². The highest BCUT2D eigenvalue weighted by molar-refractivity contribution is 5.76. The van der Waals surface area contributed by atoms with Gasteiger partial charge in [0.2, 0.25) is 5.91 Å². The molecule has 1 aromatic carbocycles. The van der Waals surface area contributed by atoms with Crippen LogP contribution in [0.3, 0.4) is 0 Å². The van der Waals surface area contributed by atoms with Gasteiger partial charge in [-0.15, -0.1) is 0 Å². The van der Waals surface area contributed by atoms with Gasteiger partial charge in [-0.25, -0.2) is 0 Å². The molecule has 1 rings (SSSR count). The fraction of sp³-hybridized carbons (Fsp3) is 0.500. The number of amides is 1. The van der Waals surface area contributed by atoms with Gasteiger partial charge in [-0.3, -0.25) is 9.59 Å². The van der Waals surface area contributed by atoms with Crippen LogP contribution in [0.2, 0.25) is 0 Å². The summed E-state index contributed by atoms with van der Waals surface area (Å²) in [5.74, 6) is 0.0624. The second-order valence-corrected chi connectivity index (χ2v) is 5.19. The molecule has 0 spiro atoms. The van der Waals surface area contributed by atoms with E-state index in [-0.39, 0.29) is 18.2 Å². The van der Waals surface area contributed by atoms with E-state index in [9.17, 15) is 9.59 Å². The van der Waals surface area contributed by atoms with Crippen LogP contribution in [-0.2, 0) is 9.59 Å². The van der Waals surface area contributed by atoms with Crippen LogP contribution in [0, 0.1) is 0 Å². The first-order valence-corrected chi connectivity index (χ1v) is 7.03. The lowest BCUT2D eigenvalue weighted by atomic mass is 9.97. The zero-order valence-corrected chi connectivity index (χ0v) is 12.8. The molecule has 1 N–H and O–H groups in total. The Labute approximate surface area is 125 Å². The average molecular weight is 293 g/mol. The second kappa shape index (κ2) is 8.29. The quantitative estimate of drug-likeness (QED) is 0.799. The first-order valence-electron chi connectivity index (χ1n) is 7.03. The Balaban J connectivity index is 2.50. The van der Waals surface area contributed by atoms with E-state index in [1.165, 1.54) is 0 Å². The molecular weight excluding hydrogens is 270 g/mol. The molecule has 0 aliphatic heterocycles. The molecule has 5 heteroatoms. The van der Waals surface area contributed by atoms with E-state index < -0.39 is 5.97 Å². The van der Waals surface area contributed by atoms with E-state index in [2.05, 4.69) is 0 Å². The molecular formula is C16H23NO4. The van der Waals surface area contributed by atoms with E-state index in [1.807, 2.05) is 31.2 Å². The van der Waals surface area contributed by atoms with Crippen LogP contribution >= 0.6 is 0 Å². The molecule has 1 amide bonds. The van der Waals surface area contributed by atoms with E-state index >= 15 is 0 Å². The van der Waals surface area contributed by atoms with Crippen LogP contribution in [0.25, 0.3) is 0 Å². The Bertz CT molecular complexity index is 487. The number of methoxy groups -OCH3 is 1. The van der Waals surface area contributed by atoms with E-state index in [4.69, 9.17) is 9.84 Å². The number of hydrogen-bond donors (Lipinski definition) is 1. The van der Waals surface area contributed by atoms with E-state index in [0.29, 0.717) is 19.4 Å². The lowest BCUT2D eigenvalue weighted by Crippen LogP contribution is -2.29. The van der Waals surface area contributed by atoms with Crippen LogP contribution in [0.15, 0.2) is 24.3 Å². The molecule has 0 bridgehead atoms. The summed E-state index contributed by atoms with van der Waals surface area (Å²) >= 11 is 0. The average Bonchev–Trinajstić information content (AvgIpc) is 2.46. The number of ether oxygens (including phenoxy) is 1. The molecule has 21 heavy (non-hydrogen) atoms. The molecule has 0 aliphatic rings. The lowest BCUT2D eigenvalue weighted by molar-refractivity contribution is -0.138. The molecule has 0 fully saturated rings. The van der Waals surface area contributed by atoms with Crippen molar-refractivity contribution in [1.29, 1.82) is 0 Å². The summed E-state index contributed by atoms with van der Waals surface area (Å²) in [6, 6.07) is 7.69. The maximum atomic E-state index is 12.1. The molecule has 0 heterocycles. The van der Waals surface area contributed by atoms with Gasteiger partial charge in [0.15, 0.2) is 0 Å². The van der Waals surface area contributed by atoms with Gasteiger partial charge in [-0.1, -0.05) is 19.1 Å². The Morgan fingerprint density at radius 2 is 2.10 bits per heavy atom. The number of rotatable bonds is 8. The van der Waals surface area contributed by atoms with Crippen molar-refractivity contribution in [3.8, 4) is 5.75 Å². The third kappa shape index (κ3) is 5.85. The SMILES string of the molecule is COc1cccc(C(C)CC(=O)N(C)CCCC(=O)O)c1. The molecule has 0 saturated carbocycles. The van der Waals surface area contributed by atoms with Gasteiger partial charge in [-0.05, 0) is 30.0 Å². The zero-order valence-electron chi connectivity index (χ0n) is 12.8. The summed E-state index contributed by atoms with van der Waals surface area (Å²) in [5, 5.41) is 8.59. The topological polar surface area (TPSA) is 66.8 Å². The number of carbonyl (C=O) groups excluding carboxylic acids is 1. The molecule has 0 saturated heterocycles. The second-order valence-electron chi connectivity index (χ2n) is 5.19. The molecule has 0 aromatic heterocycles. The normalized spacial score (nSPS) is 11.8. The van der Waals surface area contributed by atoms with Crippen molar-refractivity contribution in [2.45, 2.75) is 32.1 Å². The Hall–Kier alpha value is -2.04. The summed E-state index contributed by atoms with van der Waals surface area (Å²) in [6.07, 6.45) is 0.963. The van der Waals surface area contributed by atoms with Gasteiger partial charge < -0.3 is 14.7 Å². The van der Waals surface area contributed by atoms with Crippen molar-refractivity contribution in [3.05, 3.63) is 29.8 Å². The van der Waals surface area contributed by atoms with Crippen LogP contribution in [-0.4, -0.2) is 42.6 Å². The minimum absolute atomic E-state index is 0.0238.